The van der Waals surface area contributed by atoms with E-state index in [1.165, 1.54) is 16.7 Å². The number of fused-ring (bicyclic) bond motifs is 3. The third kappa shape index (κ3) is 2.21. The van der Waals surface area contributed by atoms with Gasteiger partial charge < -0.3 is 14.4 Å². The van der Waals surface area contributed by atoms with Crippen LogP contribution in [0.3, 0.4) is 0 Å². The van der Waals surface area contributed by atoms with E-state index in [0.717, 1.165) is 31.6 Å². The molecule has 6 nitrogen and oxygen atoms in total. The molecule has 6 rings (SSSR count). The molecule has 1 fully saturated rings. The molecule has 142 valence electrons. The molecule has 0 atom stereocenters. The molecule has 2 aromatic rings. The van der Waals surface area contributed by atoms with Crippen molar-refractivity contribution in [2.45, 2.75) is 43.5 Å². The minimum Gasteiger partial charge on any atom is -0.447 e. The topological polar surface area (TPSA) is 64.0 Å². The summed E-state index contributed by atoms with van der Waals surface area (Å²) in [6.45, 7) is 2.08. The van der Waals surface area contributed by atoms with Crippen molar-refractivity contribution in [1.82, 2.24) is 9.88 Å². The molecule has 0 saturated carbocycles. The Kier molecular flexibility index (Phi) is 3.27. The van der Waals surface area contributed by atoms with Gasteiger partial charge in [0.1, 0.15) is 0 Å². The second-order valence-electron chi connectivity index (χ2n) is 8.19. The molecule has 3 aliphatic heterocycles. The van der Waals surface area contributed by atoms with E-state index in [1.807, 2.05) is 24.4 Å². The summed E-state index contributed by atoms with van der Waals surface area (Å²) in [6, 6.07) is 12.8. The van der Waals surface area contributed by atoms with E-state index in [4.69, 9.17) is 9.47 Å². The fraction of sp³-hybridized carbons (Fsp3) is 0.409. The van der Waals surface area contributed by atoms with Crippen molar-refractivity contribution in [3.63, 3.8) is 0 Å². The van der Waals surface area contributed by atoms with Gasteiger partial charge in [0.15, 0.2) is 0 Å². The van der Waals surface area contributed by atoms with Crippen LogP contribution in [0, 0.1) is 0 Å². The lowest BCUT2D eigenvalue weighted by Crippen LogP contribution is -2.47. The SMILES string of the molecule is O=C1N=C(N2CCC3(CC2)OCc2ncccc23)OC12Cc1ccccc1C2. The van der Waals surface area contributed by atoms with E-state index in [0.29, 0.717) is 25.5 Å². The zero-order valence-electron chi connectivity index (χ0n) is 15.6. The molecular weight excluding hydrogens is 354 g/mol. The molecule has 1 aromatic heterocycles. The van der Waals surface area contributed by atoms with Crippen molar-refractivity contribution < 1.29 is 14.3 Å². The highest BCUT2D eigenvalue weighted by Crippen LogP contribution is 2.44. The van der Waals surface area contributed by atoms with Crippen LogP contribution in [-0.4, -0.2) is 40.5 Å². The van der Waals surface area contributed by atoms with Gasteiger partial charge in [-0.1, -0.05) is 30.3 Å². The van der Waals surface area contributed by atoms with Gasteiger partial charge in [-0.15, -0.1) is 0 Å². The molecule has 4 heterocycles. The predicted octanol–water partition coefficient (Wildman–Crippen LogP) is 2.35. The number of piperidine rings is 1. The summed E-state index contributed by atoms with van der Waals surface area (Å²) in [4.78, 5) is 23.6. The largest absolute Gasteiger partial charge is 0.447 e. The Bertz CT molecular complexity index is 983. The number of amides is 1. The van der Waals surface area contributed by atoms with E-state index in [-0.39, 0.29) is 11.5 Å². The van der Waals surface area contributed by atoms with Gasteiger partial charge >= 0.3 is 0 Å². The number of carbonyl (C=O) groups excluding carboxylic acids is 1. The number of aliphatic imine (C=N–C) groups is 1. The van der Waals surface area contributed by atoms with Crippen molar-refractivity contribution in [2.24, 2.45) is 4.99 Å². The number of amidine groups is 1. The molecule has 0 unspecified atom stereocenters. The number of rotatable bonds is 0. The van der Waals surface area contributed by atoms with Crippen molar-refractivity contribution in [3.05, 3.63) is 65.0 Å². The molecule has 1 saturated heterocycles. The maximum atomic E-state index is 12.8. The van der Waals surface area contributed by atoms with E-state index >= 15 is 0 Å². The first-order chi connectivity index (χ1) is 13.7. The Morgan fingerprint density at radius 3 is 2.46 bits per heavy atom. The van der Waals surface area contributed by atoms with Gasteiger partial charge in [0.2, 0.25) is 5.60 Å². The zero-order chi connectivity index (χ0) is 18.8. The maximum Gasteiger partial charge on any atom is 0.296 e. The number of likely N-dealkylation sites (tertiary alicyclic amines) is 1. The van der Waals surface area contributed by atoms with Crippen molar-refractivity contribution in [3.8, 4) is 0 Å². The minimum absolute atomic E-state index is 0.148. The normalized spacial score (nSPS) is 23.6. The molecule has 6 heteroatoms. The van der Waals surface area contributed by atoms with E-state index in [2.05, 4.69) is 33.1 Å². The van der Waals surface area contributed by atoms with Crippen LogP contribution >= 0.6 is 0 Å². The van der Waals surface area contributed by atoms with E-state index in [9.17, 15) is 4.79 Å². The molecule has 1 amide bonds. The third-order valence-electron chi connectivity index (χ3n) is 6.65. The van der Waals surface area contributed by atoms with Gasteiger partial charge in [-0.2, -0.15) is 4.99 Å². The maximum absolute atomic E-state index is 12.8. The molecule has 2 spiro atoms. The fourth-order valence-corrected chi connectivity index (χ4v) is 5.09. The number of carbonyl (C=O) groups is 1. The summed E-state index contributed by atoms with van der Waals surface area (Å²) in [7, 11) is 0. The van der Waals surface area contributed by atoms with Crippen LogP contribution in [0.1, 0.15) is 35.2 Å². The first-order valence-corrected chi connectivity index (χ1v) is 9.90. The van der Waals surface area contributed by atoms with Crippen molar-refractivity contribution >= 4 is 11.9 Å². The Balaban J connectivity index is 1.19. The van der Waals surface area contributed by atoms with Crippen LogP contribution in [0.25, 0.3) is 0 Å². The number of nitrogens with zero attached hydrogens (tertiary/aromatic N) is 3. The monoisotopic (exact) mass is 375 g/mol. The number of pyridine rings is 1. The summed E-state index contributed by atoms with van der Waals surface area (Å²) in [5, 5.41) is 0. The first-order valence-electron chi connectivity index (χ1n) is 9.90. The lowest BCUT2D eigenvalue weighted by atomic mass is 9.85. The summed E-state index contributed by atoms with van der Waals surface area (Å²) in [6.07, 6.45) is 4.72. The van der Waals surface area contributed by atoms with E-state index < -0.39 is 5.60 Å². The molecule has 0 bridgehead atoms. The lowest BCUT2D eigenvalue weighted by Gasteiger charge is -2.39. The molecule has 1 aliphatic carbocycles. The minimum atomic E-state index is -0.839. The average molecular weight is 375 g/mol. The fourth-order valence-electron chi connectivity index (χ4n) is 5.09. The number of ether oxygens (including phenoxy) is 2. The summed E-state index contributed by atoms with van der Waals surface area (Å²) >= 11 is 0. The first kappa shape index (κ1) is 16.2. The Labute approximate surface area is 163 Å². The molecule has 0 N–H and O–H groups in total. The number of hydrogen-bond donors (Lipinski definition) is 0. The summed E-state index contributed by atoms with van der Waals surface area (Å²) < 4.78 is 12.4. The summed E-state index contributed by atoms with van der Waals surface area (Å²) in [5.74, 6) is -0.148. The van der Waals surface area contributed by atoms with Crippen LogP contribution in [0.2, 0.25) is 0 Å². The molecule has 4 aliphatic rings. The molecule has 0 radical (unpaired) electrons. The standard InChI is InChI=1S/C22H21N3O3/c26-19-22(12-15-4-1-2-5-16(15)13-22)28-20(24-19)25-10-7-21(8-11-25)17-6-3-9-23-18(17)14-27-21/h1-6,9H,7-8,10-14H2. The predicted molar refractivity (Wildman–Crippen MR) is 102 cm³/mol. The third-order valence-corrected chi connectivity index (χ3v) is 6.65. The number of benzene rings is 1. The van der Waals surface area contributed by atoms with Gasteiger partial charge in [0, 0.05) is 37.7 Å². The van der Waals surface area contributed by atoms with Crippen LogP contribution < -0.4 is 0 Å². The number of hydrogen-bond acceptors (Lipinski definition) is 5. The second kappa shape index (κ2) is 5.64. The van der Waals surface area contributed by atoms with Gasteiger partial charge in [-0.25, -0.2) is 0 Å². The molecule has 1 aromatic carbocycles. The van der Waals surface area contributed by atoms with Gasteiger partial charge in [-0.05, 0) is 30.0 Å². The number of aromatic nitrogens is 1. The highest BCUT2D eigenvalue weighted by Gasteiger charge is 2.52. The van der Waals surface area contributed by atoms with Gasteiger partial charge in [-0.3, -0.25) is 9.78 Å². The van der Waals surface area contributed by atoms with Crippen LogP contribution in [0.5, 0.6) is 0 Å². The molecule has 28 heavy (non-hydrogen) atoms. The molecular formula is C22H21N3O3. The Hall–Kier alpha value is -2.73. The van der Waals surface area contributed by atoms with Crippen molar-refractivity contribution in [2.75, 3.05) is 13.1 Å². The van der Waals surface area contributed by atoms with Gasteiger partial charge in [0.05, 0.1) is 17.9 Å². The smallest absolute Gasteiger partial charge is 0.296 e. The van der Waals surface area contributed by atoms with Crippen LogP contribution in [0.15, 0.2) is 47.6 Å². The van der Waals surface area contributed by atoms with Crippen molar-refractivity contribution in [1.29, 1.82) is 0 Å². The van der Waals surface area contributed by atoms with Gasteiger partial charge in [0.25, 0.3) is 11.9 Å². The summed E-state index contributed by atoms with van der Waals surface area (Å²) in [5.41, 5.74) is 3.53. The quantitative estimate of drug-likeness (QED) is 0.707. The van der Waals surface area contributed by atoms with Crippen LogP contribution in [-0.2, 0) is 39.3 Å². The van der Waals surface area contributed by atoms with E-state index in [1.54, 1.807) is 0 Å². The Morgan fingerprint density at radius 1 is 0.964 bits per heavy atom. The zero-order valence-corrected chi connectivity index (χ0v) is 15.6. The second-order valence-corrected chi connectivity index (χ2v) is 8.19. The Morgan fingerprint density at radius 2 is 1.71 bits per heavy atom. The van der Waals surface area contributed by atoms with Crippen LogP contribution in [0.4, 0.5) is 0 Å². The average Bonchev–Trinajstić information content (AvgIpc) is 3.37. The highest BCUT2D eigenvalue weighted by molar-refractivity contribution is 6.02. The highest BCUT2D eigenvalue weighted by atomic mass is 16.5. The lowest BCUT2D eigenvalue weighted by molar-refractivity contribution is -0.130.